The summed E-state index contributed by atoms with van der Waals surface area (Å²) < 4.78 is 26.2. The highest BCUT2D eigenvalue weighted by atomic mass is 35.5. The van der Waals surface area contributed by atoms with E-state index in [-0.39, 0.29) is 12.4 Å². The predicted molar refractivity (Wildman–Crippen MR) is 146 cm³/mol. The van der Waals surface area contributed by atoms with Crippen molar-refractivity contribution in [3.8, 4) is 28.8 Å². The van der Waals surface area contributed by atoms with Gasteiger partial charge in [0, 0.05) is 24.1 Å². The van der Waals surface area contributed by atoms with E-state index in [2.05, 4.69) is 15.4 Å². The first-order valence-electron chi connectivity index (χ1n) is 11.7. The molecule has 1 fully saturated rings. The van der Waals surface area contributed by atoms with Crippen molar-refractivity contribution < 1.29 is 18.7 Å². The van der Waals surface area contributed by atoms with Crippen LogP contribution in [0.4, 0.5) is 10.1 Å². The number of benzene rings is 3. The fourth-order valence-corrected chi connectivity index (χ4v) is 4.28. The molecule has 1 N–H and O–H groups in total. The van der Waals surface area contributed by atoms with Crippen molar-refractivity contribution in [1.29, 1.82) is 0 Å². The van der Waals surface area contributed by atoms with E-state index in [4.69, 9.17) is 44.3 Å². The monoisotopic (exact) mass is 574 g/mol. The van der Waals surface area contributed by atoms with Gasteiger partial charge >= 0.3 is 6.01 Å². The third kappa shape index (κ3) is 5.57. The Hall–Kier alpha value is -3.33. The number of aromatic nitrogens is 3. The summed E-state index contributed by atoms with van der Waals surface area (Å²) in [5.41, 5.74) is 2.74. The number of hydrogen-bond donors (Lipinski definition) is 1. The molecule has 1 aromatic heterocycles. The number of amides is 1. The number of nitrogens with one attached hydrogen (secondary N) is 1. The van der Waals surface area contributed by atoms with E-state index < -0.39 is 17.0 Å². The summed E-state index contributed by atoms with van der Waals surface area (Å²) in [5.74, 6) is 0.642. The topological polar surface area (TPSA) is 78.3 Å². The second-order valence-corrected chi connectivity index (χ2v) is 10.2. The molecule has 38 heavy (non-hydrogen) atoms. The van der Waals surface area contributed by atoms with Crippen LogP contribution in [0.25, 0.3) is 17.1 Å². The Morgan fingerprint density at radius 1 is 1.13 bits per heavy atom. The third-order valence-corrected chi connectivity index (χ3v) is 7.39. The lowest BCUT2D eigenvalue weighted by Gasteiger charge is -2.11. The lowest BCUT2D eigenvalue weighted by molar-refractivity contribution is -0.116. The zero-order chi connectivity index (χ0) is 26.9. The van der Waals surface area contributed by atoms with Crippen LogP contribution < -0.4 is 14.8 Å². The van der Waals surface area contributed by atoms with E-state index in [1.165, 1.54) is 0 Å². The molecular formula is C27H22Cl3FN4O3. The van der Waals surface area contributed by atoms with Gasteiger partial charge in [0.05, 0.1) is 29.4 Å². The summed E-state index contributed by atoms with van der Waals surface area (Å²) in [5, 5.41) is 7.99. The second-order valence-electron chi connectivity index (χ2n) is 8.74. The molecule has 0 spiro atoms. The fraction of sp³-hybridized carbons (Fsp3) is 0.222. The van der Waals surface area contributed by atoms with Gasteiger partial charge in [0.25, 0.3) is 0 Å². The molecule has 0 radical (unpaired) electrons. The normalized spacial score (nSPS) is 18.2. The number of carbonyl (C=O) groups is 1. The number of alkyl halides is 2. The van der Waals surface area contributed by atoms with Crippen molar-refractivity contribution in [1.82, 2.24) is 14.8 Å². The largest absolute Gasteiger partial charge is 0.497 e. The van der Waals surface area contributed by atoms with Crippen LogP contribution in [0.5, 0.6) is 11.8 Å². The molecule has 1 aliphatic carbocycles. The van der Waals surface area contributed by atoms with Crippen LogP contribution >= 0.6 is 34.8 Å². The van der Waals surface area contributed by atoms with Gasteiger partial charge < -0.3 is 14.8 Å². The molecule has 1 aliphatic rings. The van der Waals surface area contributed by atoms with Crippen LogP contribution in [0.1, 0.15) is 12.0 Å². The molecule has 0 unspecified atom stereocenters. The van der Waals surface area contributed by atoms with E-state index in [0.29, 0.717) is 45.8 Å². The average Bonchev–Trinajstić information content (AvgIpc) is 3.33. The quantitative estimate of drug-likeness (QED) is 0.230. The molecule has 0 aliphatic heterocycles. The Morgan fingerprint density at radius 3 is 2.58 bits per heavy atom. The summed E-state index contributed by atoms with van der Waals surface area (Å²) in [4.78, 5) is 15.5. The second kappa shape index (κ2) is 10.8. The number of halogens is 4. The van der Waals surface area contributed by atoms with Crippen molar-refractivity contribution in [2.24, 2.45) is 0 Å². The van der Waals surface area contributed by atoms with E-state index in [1.54, 1.807) is 54.3 Å². The first-order valence-corrected chi connectivity index (χ1v) is 12.8. The molecule has 3 aromatic carbocycles. The Balaban J connectivity index is 1.41. The van der Waals surface area contributed by atoms with Crippen LogP contribution in [0.2, 0.25) is 10.0 Å². The highest BCUT2D eigenvalue weighted by molar-refractivity contribution is 6.42. The average molecular weight is 576 g/mol. The summed E-state index contributed by atoms with van der Waals surface area (Å²) in [6, 6.07) is 19.9. The Morgan fingerprint density at radius 2 is 1.89 bits per heavy atom. The molecule has 11 heteroatoms. The maximum absolute atomic E-state index is 13.6. The highest BCUT2D eigenvalue weighted by Crippen LogP contribution is 2.46. The molecule has 4 aromatic rings. The van der Waals surface area contributed by atoms with Crippen LogP contribution in [-0.2, 0) is 11.2 Å². The minimum Gasteiger partial charge on any atom is -0.497 e. The van der Waals surface area contributed by atoms with Crippen LogP contribution in [0.3, 0.4) is 0 Å². The van der Waals surface area contributed by atoms with Crippen molar-refractivity contribution >= 4 is 46.4 Å². The maximum Gasteiger partial charge on any atom is 0.336 e. The number of anilines is 1. The van der Waals surface area contributed by atoms with Gasteiger partial charge in [0.15, 0.2) is 10.7 Å². The van der Waals surface area contributed by atoms with Gasteiger partial charge in [0.2, 0.25) is 5.91 Å². The van der Waals surface area contributed by atoms with Gasteiger partial charge in [-0.25, -0.2) is 9.07 Å². The summed E-state index contributed by atoms with van der Waals surface area (Å²) in [7, 11) is 1.62. The lowest BCUT2D eigenvalue weighted by atomic mass is 10.1. The van der Waals surface area contributed by atoms with Gasteiger partial charge in [-0.2, -0.15) is 4.98 Å². The third-order valence-electron chi connectivity index (χ3n) is 6.09. The Labute approximate surface area is 233 Å². The number of carbonyl (C=O) groups excluding carboxylic acids is 1. The molecule has 1 saturated carbocycles. The molecule has 0 saturated heterocycles. The van der Waals surface area contributed by atoms with Gasteiger partial charge in [-0.3, -0.25) is 4.79 Å². The maximum atomic E-state index is 13.6. The molecular weight excluding hydrogens is 554 g/mol. The summed E-state index contributed by atoms with van der Waals surface area (Å²) in [6.45, 7) is 0.343. The number of rotatable bonds is 9. The first-order chi connectivity index (χ1) is 18.3. The zero-order valence-corrected chi connectivity index (χ0v) is 22.4. The minimum absolute atomic E-state index is 0.0120. The van der Waals surface area contributed by atoms with Crippen LogP contribution in [-0.4, -0.2) is 45.4 Å². The van der Waals surface area contributed by atoms with Gasteiger partial charge in [-0.15, -0.1) is 16.7 Å². The zero-order valence-electron chi connectivity index (χ0n) is 20.1. The summed E-state index contributed by atoms with van der Waals surface area (Å²) >= 11 is 18.4. The molecule has 5 rings (SSSR count). The molecule has 0 bridgehead atoms. The van der Waals surface area contributed by atoms with Crippen molar-refractivity contribution in [2.45, 2.75) is 23.9 Å². The van der Waals surface area contributed by atoms with Crippen LogP contribution in [0, 0.1) is 0 Å². The van der Waals surface area contributed by atoms with E-state index in [0.717, 1.165) is 11.3 Å². The highest BCUT2D eigenvalue weighted by Gasteiger charge is 2.60. The molecule has 1 amide bonds. The number of ether oxygens (including phenoxy) is 2. The van der Waals surface area contributed by atoms with Crippen molar-refractivity contribution in [3.63, 3.8) is 0 Å². The molecule has 7 nitrogen and oxygen atoms in total. The first kappa shape index (κ1) is 26.3. The number of nitrogens with zero attached hydrogens (tertiary/aromatic N) is 3. The Kier molecular flexibility index (Phi) is 7.47. The van der Waals surface area contributed by atoms with E-state index in [9.17, 15) is 9.18 Å². The summed E-state index contributed by atoms with van der Waals surface area (Å²) in [6.07, 6.45) is -0.735. The minimum atomic E-state index is -1.51. The standard InChI is InChI=1S/C27H22Cl3FN4O3/c1-37-20-8-5-16(6-9-20)11-12-38-26-33-24(17-7-10-21(28)22(29)13-17)35(34-26)19-4-2-3-18(14-19)32-25(36)27(30)15-23(27)31/h2-10,13-14,23H,11-12,15H2,1H3,(H,32,36)/t23-,27+/m0/s1. The molecule has 196 valence electrons. The number of hydrogen-bond acceptors (Lipinski definition) is 5. The SMILES string of the molecule is COc1ccc(CCOc2nc(-c3ccc(Cl)c(Cl)c3)n(-c3cccc(NC(=O)[C@@]4(Cl)C[C@@H]4F)c3)n2)cc1. The van der Waals surface area contributed by atoms with E-state index >= 15 is 0 Å². The van der Waals surface area contributed by atoms with E-state index in [1.807, 2.05) is 24.3 Å². The Bertz CT molecular complexity index is 1480. The van der Waals surface area contributed by atoms with Crippen molar-refractivity contribution in [3.05, 3.63) is 82.3 Å². The van der Waals surface area contributed by atoms with Gasteiger partial charge in [-0.1, -0.05) is 41.4 Å². The molecule has 1 heterocycles. The lowest BCUT2D eigenvalue weighted by Crippen LogP contribution is -2.27. The van der Waals surface area contributed by atoms with Gasteiger partial charge in [0.1, 0.15) is 11.9 Å². The molecule has 2 atom stereocenters. The number of methoxy groups -OCH3 is 1. The predicted octanol–water partition coefficient (Wildman–Crippen LogP) is 6.53. The van der Waals surface area contributed by atoms with Gasteiger partial charge in [-0.05, 0) is 54.1 Å². The van der Waals surface area contributed by atoms with Crippen LogP contribution in [0.15, 0.2) is 66.7 Å². The smallest absolute Gasteiger partial charge is 0.336 e. The van der Waals surface area contributed by atoms with Crippen molar-refractivity contribution in [2.75, 3.05) is 19.0 Å². The fourth-order valence-electron chi connectivity index (χ4n) is 3.80.